The van der Waals surface area contributed by atoms with Gasteiger partial charge in [-0.2, -0.15) is 0 Å². The largest absolute Gasteiger partial charge is 0.369 e. The molecular formula is C26H26ClN5O. The summed E-state index contributed by atoms with van der Waals surface area (Å²) in [4.78, 5) is 19.3. The van der Waals surface area contributed by atoms with Crippen molar-refractivity contribution in [2.45, 2.75) is 0 Å². The van der Waals surface area contributed by atoms with E-state index in [0.29, 0.717) is 10.6 Å². The maximum Gasteiger partial charge on any atom is 0.251 e. The van der Waals surface area contributed by atoms with Crippen LogP contribution in [0.2, 0.25) is 5.02 Å². The topological polar surface area (TPSA) is 62.2 Å². The SMILES string of the molecule is CNC(=O)c1cccc(-c2c(-c3ccc(N4CCNCC4)cc3)n(C)c3nccc(Cl)c23)c1. The maximum absolute atomic E-state index is 12.3. The lowest BCUT2D eigenvalue weighted by Gasteiger charge is -2.29. The summed E-state index contributed by atoms with van der Waals surface area (Å²) in [6.45, 7) is 4.01. The normalized spacial score (nSPS) is 14.0. The molecular weight excluding hydrogens is 434 g/mol. The predicted octanol–water partition coefficient (Wildman–Crippen LogP) is 4.33. The number of amides is 1. The van der Waals surface area contributed by atoms with Crippen LogP contribution in [0.4, 0.5) is 5.69 Å². The molecule has 33 heavy (non-hydrogen) atoms. The molecule has 1 amide bonds. The Balaban J connectivity index is 1.69. The molecule has 2 N–H and O–H groups in total. The highest BCUT2D eigenvalue weighted by molar-refractivity contribution is 6.37. The fraction of sp³-hybridized carbons (Fsp3) is 0.231. The minimum Gasteiger partial charge on any atom is -0.369 e. The first-order valence-corrected chi connectivity index (χ1v) is 11.5. The van der Waals surface area contributed by atoms with Crippen LogP contribution in [0.15, 0.2) is 60.8 Å². The number of benzene rings is 2. The van der Waals surface area contributed by atoms with E-state index in [1.165, 1.54) is 5.69 Å². The lowest BCUT2D eigenvalue weighted by molar-refractivity contribution is 0.0963. The van der Waals surface area contributed by atoms with Crippen LogP contribution in [-0.2, 0) is 7.05 Å². The summed E-state index contributed by atoms with van der Waals surface area (Å²) in [6, 6.07) is 18.1. The van der Waals surface area contributed by atoms with Crippen LogP contribution >= 0.6 is 11.6 Å². The molecule has 7 heteroatoms. The van der Waals surface area contributed by atoms with Crippen molar-refractivity contribution in [1.82, 2.24) is 20.2 Å². The molecule has 2 aromatic heterocycles. The summed E-state index contributed by atoms with van der Waals surface area (Å²) in [5.41, 5.74) is 6.63. The van der Waals surface area contributed by atoms with Gasteiger partial charge >= 0.3 is 0 Å². The molecule has 1 saturated heterocycles. The minimum absolute atomic E-state index is 0.122. The lowest BCUT2D eigenvalue weighted by atomic mass is 9.97. The van der Waals surface area contributed by atoms with Gasteiger partial charge in [0, 0.05) is 68.7 Å². The third-order valence-corrected chi connectivity index (χ3v) is 6.60. The first kappa shape index (κ1) is 21.5. The molecule has 6 nitrogen and oxygen atoms in total. The first-order valence-electron chi connectivity index (χ1n) is 11.1. The molecule has 0 atom stereocenters. The van der Waals surface area contributed by atoms with Crippen LogP contribution in [0.1, 0.15) is 10.4 Å². The van der Waals surface area contributed by atoms with Crippen LogP contribution < -0.4 is 15.5 Å². The van der Waals surface area contributed by atoms with Gasteiger partial charge in [-0.05, 0) is 41.5 Å². The molecule has 0 unspecified atom stereocenters. The molecule has 3 heterocycles. The van der Waals surface area contributed by atoms with Crippen LogP contribution in [0.25, 0.3) is 33.4 Å². The molecule has 5 rings (SSSR count). The number of aromatic nitrogens is 2. The van der Waals surface area contributed by atoms with E-state index in [0.717, 1.165) is 59.6 Å². The monoisotopic (exact) mass is 459 g/mol. The Morgan fingerprint density at radius 3 is 2.55 bits per heavy atom. The smallest absolute Gasteiger partial charge is 0.251 e. The standard InChI is InChI=1S/C26H26ClN5O/c1-28-26(33)19-5-3-4-18(16-19)22-23-21(27)10-11-30-25(23)31(2)24(22)17-6-8-20(9-7-17)32-14-12-29-13-15-32/h3-11,16,29H,12-15H2,1-2H3,(H,28,33). The first-order chi connectivity index (χ1) is 16.1. The molecule has 0 radical (unpaired) electrons. The van der Waals surface area contributed by atoms with Crippen molar-refractivity contribution in [3.05, 3.63) is 71.4 Å². The number of aryl methyl sites for hydroxylation is 1. The Bertz CT molecular complexity index is 1320. The van der Waals surface area contributed by atoms with Crippen molar-refractivity contribution in [2.75, 3.05) is 38.1 Å². The average molecular weight is 460 g/mol. The lowest BCUT2D eigenvalue weighted by Crippen LogP contribution is -2.43. The molecule has 0 bridgehead atoms. The van der Waals surface area contributed by atoms with Crippen molar-refractivity contribution in [1.29, 1.82) is 0 Å². The number of nitrogens with zero attached hydrogens (tertiary/aromatic N) is 3. The van der Waals surface area contributed by atoms with Crippen molar-refractivity contribution in [3.8, 4) is 22.4 Å². The Hall–Kier alpha value is -3.35. The van der Waals surface area contributed by atoms with Crippen molar-refractivity contribution in [2.24, 2.45) is 7.05 Å². The zero-order valence-corrected chi connectivity index (χ0v) is 19.5. The second kappa shape index (κ2) is 8.89. The Morgan fingerprint density at radius 1 is 1.06 bits per heavy atom. The van der Waals surface area contributed by atoms with Gasteiger partial charge in [0.1, 0.15) is 5.65 Å². The van der Waals surface area contributed by atoms with E-state index in [2.05, 4.69) is 49.4 Å². The number of carbonyl (C=O) groups is 1. The Morgan fingerprint density at radius 2 is 1.82 bits per heavy atom. The quantitative estimate of drug-likeness (QED) is 0.477. The predicted molar refractivity (Wildman–Crippen MR) is 135 cm³/mol. The molecule has 1 aliphatic heterocycles. The highest BCUT2D eigenvalue weighted by Crippen LogP contribution is 2.43. The van der Waals surface area contributed by atoms with Gasteiger partial charge in [-0.1, -0.05) is 35.9 Å². The molecule has 2 aromatic carbocycles. The molecule has 0 spiro atoms. The molecule has 1 fully saturated rings. The van der Waals surface area contributed by atoms with Crippen molar-refractivity contribution < 1.29 is 4.79 Å². The number of halogens is 1. The van der Waals surface area contributed by atoms with Gasteiger partial charge < -0.3 is 20.1 Å². The molecule has 0 saturated carbocycles. The zero-order valence-electron chi connectivity index (χ0n) is 18.7. The van der Waals surface area contributed by atoms with Gasteiger partial charge in [0.2, 0.25) is 0 Å². The number of pyridine rings is 1. The van der Waals surface area contributed by atoms with Crippen LogP contribution in [-0.4, -0.2) is 48.7 Å². The van der Waals surface area contributed by atoms with E-state index in [9.17, 15) is 4.79 Å². The number of carbonyl (C=O) groups excluding carboxylic acids is 1. The highest BCUT2D eigenvalue weighted by atomic mass is 35.5. The van der Waals surface area contributed by atoms with E-state index in [-0.39, 0.29) is 5.91 Å². The van der Waals surface area contributed by atoms with Crippen LogP contribution in [0.3, 0.4) is 0 Å². The zero-order chi connectivity index (χ0) is 22.9. The van der Waals surface area contributed by atoms with Gasteiger partial charge in [0.05, 0.1) is 10.7 Å². The molecule has 1 aliphatic rings. The average Bonchev–Trinajstić information content (AvgIpc) is 3.18. The number of nitrogens with one attached hydrogen (secondary N) is 2. The number of piperazine rings is 1. The third-order valence-electron chi connectivity index (χ3n) is 6.28. The number of anilines is 1. The molecule has 4 aromatic rings. The number of fused-ring (bicyclic) bond motifs is 1. The minimum atomic E-state index is -0.122. The Kier molecular flexibility index (Phi) is 5.79. The number of rotatable bonds is 4. The van der Waals surface area contributed by atoms with E-state index in [1.807, 2.05) is 37.4 Å². The van der Waals surface area contributed by atoms with E-state index >= 15 is 0 Å². The van der Waals surface area contributed by atoms with Crippen LogP contribution in [0.5, 0.6) is 0 Å². The van der Waals surface area contributed by atoms with E-state index in [4.69, 9.17) is 11.6 Å². The fourth-order valence-corrected chi connectivity index (χ4v) is 4.87. The van der Waals surface area contributed by atoms with Crippen molar-refractivity contribution >= 4 is 34.2 Å². The van der Waals surface area contributed by atoms with Gasteiger partial charge in [-0.3, -0.25) is 4.79 Å². The second-order valence-electron chi connectivity index (χ2n) is 8.22. The van der Waals surface area contributed by atoms with Gasteiger partial charge in [0.25, 0.3) is 5.91 Å². The highest BCUT2D eigenvalue weighted by Gasteiger charge is 2.22. The fourth-order valence-electron chi connectivity index (χ4n) is 4.64. The van der Waals surface area contributed by atoms with Gasteiger partial charge in [-0.15, -0.1) is 0 Å². The summed E-state index contributed by atoms with van der Waals surface area (Å²) < 4.78 is 2.09. The Labute approximate surface area is 198 Å². The summed E-state index contributed by atoms with van der Waals surface area (Å²) in [5, 5.41) is 7.63. The molecule has 168 valence electrons. The van der Waals surface area contributed by atoms with Gasteiger partial charge in [-0.25, -0.2) is 4.98 Å². The van der Waals surface area contributed by atoms with Crippen molar-refractivity contribution in [3.63, 3.8) is 0 Å². The third kappa shape index (κ3) is 3.86. The number of hydrogen-bond donors (Lipinski definition) is 2. The van der Waals surface area contributed by atoms with Gasteiger partial charge in [0.15, 0.2) is 0 Å². The van der Waals surface area contributed by atoms with E-state index in [1.54, 1.807) is 13.2 Å². The summed E-state index contributed by atoms with van der Waals surface area (Å²) in [7, 11) is 3.65. The van der Waals surface area contributed by atoms with E-state index < -0.39 is 0 Å². The maximum atomic E-state index is 12.3. The van der Waals surface area contributed by atoms with Crippen LogP contribution in [0, 0.1) is 0 Å². The molecule has 0 aliphatic carbocycles. The second-order valence-corrected chi connectivity index (χ2v) is 8.63. The summed E-state index contributed by atoms with van der Waals surface area (Å²) in [6.07, 6.45) is 1.73. The summed E-state index contributed by atoms with van der Waals surface area (Å²) >= 11 is 6.70. The summed E-state index contributed by atoms with van der Waals surface area (Å²) in [5.74, 6) is -0.122. The number of hydrogen-bond acceptors (Lipinski definition) is 4.